The van der Waals surface area contributed by atoms with Gasteiger partial charge in [0.2, 0.25) is 0 Å². The van der Waals surface area contributed by atoms with Crippen LogP contribution in [0.15, 0.2) is 12.7 Å². The third kappa shape index (κ3) is 1.66. The number of fused-ring (bicyclic) bond motifs is 1. The highest BCUT2D eigenvalue weighted by Crippen LogP contribution is 2.28. The van der Waals surface area contributed by atoms with Crippen molar-refractivity contribution in [1.82, 2.24) is 19.1 Å². The summed E-state index contributed by atoms with van der Waals surface area (Å²) in [5.74, 6) is 0. The fourth-order valence-corrected chi connectivity index (χ4v) is 2.42. The first-order valence-electron chi connectivity index (χ1n) is 4.91. The van der Waals surface area contributed by atoms with E-state index in [1.54, 1.807) is 24.4 Å². The molecule has 0 spiro atoms. The third-order valence-corrected chi connectivity index (χ3v) is 4.30. The first kappa shape index (κ1) is 11.6. The molecule has 0 N–H and O–H groups in total. The van der Waals surface area contributed by atoms with Crippen molar-refractivity contribution in [3.05, 3.63) is 17.3 Å². The average Bonchev–Trinajstić information content (AvgIpc) is 2.61. The molecule has 86 valence electrons. The summed E-state index contributed by atoms with van der Waals surface area (Å²) in [7, 11) is 1.93. The minimum atomic E-state index is -0.0947. The molecule has 6 heteroatoms. The topological polar surface area (TPSA) is 35.6 Å². The Morgan fingerprint density at radius 3 is 2.56 bits per heavy atom. The zero-order valence-electron chi connectivity index (χ0n) is 9.76. The predicted octanol–water partition coefficient (Wildman–Crippen LogP) is 2.55. The molecule has 0 aliphatic carbocycles. The van der Waals surface area contributed by atoms with E-state index in [-0.39, 0.29) is 4.87 Å². The monoisotopic (exact) mass is 254 g/mol. The van der Waals surface area contributed by atoms with Gasteiger partial charge in [-0.15, -0.1) is 11.8 Å². The Morgan fingerprint density at radius 2 is 1.94 bits per heavy atom. The average molecular weight is 254 g/mol. The molecule has 2 aromatic rings. The van der Waals surface area contributed by atoms with Crippen molar-refractivity contribution in [2.75, 3.05) is 6.26 Å². The van der Waals surface area contributed by atoms with Gasteiger partial charge in [0.05, 0.1) is 17.5 Å². The van der Waals surface area contributed by atoms with Crippen LogP contribution in [0.5, 0.6) is 0 Å². The summed E-state index contributed by atoms with van der Waals surface area (Å²) in [6.07, 6.45) is 5.58. The third-order valence-electron chi connectivity index (χ3n) is 2.71. The van der Waals surface area contributed by atoms with Crippen LogP contribution in [0.1, 0.15) is 13.8 Å². The van der Waals surface area contributed by atoms with Crippen LogP contribution < -0.4 is 0 Å². The van der Waals surface area contributed by atoms with Crippen molar-refractivity contribution in [2.45, 2.75) is 18.7 Å². The van der Waals surface area contributed by atoms with Gasteiger partial charge in [-0.25, -0.2) is 9.97 Å². The van der Waals surface area contributed by atoms with E-state index in [0.717, 1.165) is 10.2 Å². The summed E-state index contributed by atoms with van der Waals surface area (Å²) in [5, 5.41) is 0. The molecule has 0 bridgehead atoms. The smallest absolute Gasteiger partial charge is 0.182 e. The van der Waals surface area contributed by atoms with E-state index in [0.29, 0.717) is 5.65 Å². The maximum Gasteiger partial charge on any atom is 0.182 e. The van der Waals surface area contributed by atoms with E-state index in [1.807, 2.05) is 16.2 Å². The van der Waals surface area contributed by atoms with Crippen LogP contribution in [-0.2, 0) is 11.9 Å². The standard InChI is InChI=1S/C10H14N4S2/c1-10(2,16-4)14-6-12-8-7(9(14)15)13(3)5-11-8/h5-6H,1-4H3. The molecule has 4 nitrogen and oxygen atoms in total. The molecule has 0 saturated heterocycles. The molecule has 0 radical (unpaired) electrons. The Kier molecular flexibility index (Phi) is 2.79. The number of rotatable bonds is 2. The van der Waals surface area contributed by atoms with Crippen LogP contribution in [-0.4, -0.2) is 25.4 Å². The van der Waals surface area contributed by atoms with Crippen molar-refractivity contribution in [2.24, 2.45) is 7.05 Å². The van der Waals surface area contributed by atoms with Gasteiger partial charge in [-0.05, 0) is 20.1 Å². The minimum absolute atomic E-state index is 0.0947. The lowest BCUT2D eigenvalue weighted by Gasteiger charge is -2.25. The largest absolute Gasteiger partial charge is 0.330 e. The van der Waals surface area contributed by atoms with Gasteiger partial charge in [0.1, 0.15) is 10.2 Å². The van der Waals surface area contributed by atoms with E-state index in [4.69, 9.17) is 12.2 Å². The second-order valence-electron chi connectivity index (χ2n) is 4.10. The summed E-state index contributed by atoms with van der Waals surface area (Å²) in [6.45, 7) is 4.24. The van der Waals surface area contributed by atoms with E-state index in [2.05, 4.69) is 30.1 Å². The second kappa shape index (κ2) is 3.85. The second-order valence-corrected chi connectivity index (χ2v) is 5.89. The first-order valence-corrected chi connectivity index (χ1v) is 6.55. The van der Waals surface area contributed by atoms with Gasteiger partial charge in [0, 0.05) is 7.05 Å². The number of aryl methyl sites for hydroxylation is 1. The highest BCUT2D eigenvalue weighted by Gasteiger charge is 2.20. The van der Waals surface area contributed by atoms with Crippen LogP contribution in [0.3, 0.4) is 0 Å². The molecule has 2 aromatic heterocycles. The van der Waals surface area contributed by atoms with Gasteiger partial charge in [-0.3, -0.25) is 0 Å². The molecule has 2 rings (SSSR count). The maximum absolute atomic E-state index is 5.50. The van der Waals surface area contributed by atoms with E-state index in [9.17, 15) is 0 Å². The summed E-state index contributed by atoms with van der Waals surface area (Å²) in [5.41, 5.74) is 1.63. The molecule has 0 aromatic carbocycles. The van der Waals surface area contributed by atoms with E-state index < -0.39 is 0 Å². The van der Waals surface area contributed by atoms with Gasteiger partial charge in [-0.2, -0.15) is 0 Å². The summed E-state index contributed by atoms with van der Waals surface area (Å²) >= 11 is 7.24. The normalized spacial score (nSPS) is 12.2. The fraction of sp³-hybridized carbons (Fsp3) is 0.500. The number of nitrogens with zero attached hydrogens (tertiary/aromatic N) is 4. The molecular weight excluding hydrogens is 240 g/mol. The van der Waals surface area contributed by atoms with Crippen LogP contribution >= 0.6 is 24.0 Å². The van der Waals surface area contributed by atoms with Crippen LogP contribution in [0.25, 0.3) is 11.2 Å². The molecule has 16 heavy (non-hydrogen) atoms. The molecule has 2 heterocycles. The predicted molar refractivity (Wildman–Crippen MR) is 70.2 cm³/mol. The van der Waals surface area contributed by atoms with Crippen molar-refractivity contribution in [3.8, 4) is 0 Å². The van der Waals surface area contributed by atoms with Gasteiger partial charge in [0.25, 0.3) is 0 Å². The zero-order chi connectivity index (χ0) is 11.9. The molecular formula is C10H14N4S2. The van der Waals surface area contributed by atoms with Gasteiger partial charge >= 0.3 is 0 Å². The van der Waals surface area contributed by atoms with Crippen molar-refractivity contribution >= 4 is 35.1 Å². The molecule has 0 saturated carbocycles. The Hall–Kier alpha value is -0.880. The van der Waals surface area contributed by atoms with Crippen LogP contribution in [0.2, 0.25) is 0 Å². The lowest BCUT2D eigenvalue weighted by atomic mass is 10.3. The minimum Gasteiger partial charge on any atom is -0.330 e. The first-order chi connectivity index (χ1) is 7.47. The van der Waals surface area contributed by atoms with E-state index >= 15 is 0 Å². The highest BCUT2D eigenvalue weighted by atomic mass is 32.2. The van der Waals surface area contributed by atoms with Crippen molar-refractivity contribution < 1.29 is 0 Å². The lowest BCUT2D eigenvalue weighted by molar-refractivity contribution is 0.523. The molecule has 0 amide bonds. The van der Waals surface area contributed by atoms with Gasteiger partial charge in [0.15, 0.2) is 5.65 Å². The summed E-state index contributed by atoms with van der Waals surface area (Å²) in [4.78, 5) is 8.43. The Balaban J connectivity index is 2.79. The fourth-order valence-electron chi connectivity index (χ4n) is 1.52. The van der Waals surface area contributed by atoms with Crippen molar-refractivity contribution in [1.29, 1.82) is 0 Å². The van der Waals surface area contributed by atoms with E-state index in [1.165, 1.54) is 0 Å². The molecule has 0 atom stereocenters. The number of imidazole rings is 1. The Labute approximate surface area is 104 Å². The quantitative estimate of drug-likeness (QED) is 0.772. The Bertz CT molecular complexity index is 582. The SMILES string of the molecule is CSC(C)(C)n1cnc2ncn(C)c2c1=S. The van der Waals surface area contributed by atoms with Crippen LogP contribution in [0, 0.1) is 4.64 Å². The summed E-state index contributed by atoms with van der Waals surface area (Å²) in [6, 6.07) is 0. The molecule has 0 aliphatic rings. The van der Waals surface area contributed by atoms with Gasteiger partial charge in [-0.1, -0.05) is 12.2 Å². The van der Waals surface area contributed by atoms with Crippen molar-refractivity contribution in [3.63, 3.8) is 0 Å². The number of thioether (sulfide) groups is 1. The molecule has 0 unspecified atom stereocenters. The zero-order valence-corrected chi connectivity index (χ0v) is 11.4. The maximum atomic E-state index is 5.50. The molecule has 0 aliphatic heterocycles. The van der Waals surface area contributed by atoms with Gasteiger partial charge < -0.3 is 9.13 Å². The number of hydrogen-bond acceptors (Lipinski definition) is 4. The summed E-state index contributed by atoms with van der Waals surface area (Å²) < 4.78 is 4.71. The van der Waals surface area contributed by atoms with Crippen LogP contribution in [0.4, 0.5) is 0 Å². The number of hydrogen-bond donors (Lipinski definition) is 0. The molecule has 0 fully saturated rings. The number of aromatic nitrogens is 4. The highest BCUT2D eigenvalue weighted by molar-refractivity contribution is 7.99. The lowest BCUT2D eigenvalue weighted by Crippen LogP contribution is -2.23. The Morgan fingerprint density at radius 1 is 1.31 bits per heavy atom.